The molecule has 2 saturated heterocycles. The molecular weight excluding hydrogens is 268 g/mol. The molecule has 1 aromatic rings. The first kappa shape index (κ1) is 14.5. The van der Waals surface area contributed by atoms with Gasteiger partial charge in [0.1, 0.15) is 6.10 Å². The van der Waals surface area contributed by atoms with Crippen molar-refractivity contribution in [1.82, 2.24) is 4.90 Å². The second-order valence-corrected chi connectivity index (χ2v) is 6.06. The third kappa shape index (κ3) is 2.69. The average molecular weight is 290 g/mol. The molecule has 2 aliphatic heterocycles. The molecule has 5 heteroatoms. The lowest BCUT2D eigenvalue weighted by Crippen LogP contribution is -2.54. The first-order valence-electron chi connectivity index (χ1n) is 7.40. The average Bonchev–Trinajstić information content (AvgIpc) is 2.88. The van der Waals surface area contributed by atoms with Gasteiger partial charge in [-0.1, -0.05) is 30.3 Å². The zero-order chi connectivity index (χ0) is 14.9. The zero-order valence-corrected chi connectivity index (χ0v) is 12.3. The summed E-state index contributed by atoms with van der Waals surface area (Å²) in [5.41, 5.74) is 6.55. The Hall–Kier alpha value is -1.43. The van der Waals surface area contributed by atoms with E-state index in [9.17, 15) is 4.79 Å². The van der Waals surface area contributed by atoms with E-state index in [-0.39, 0.29) is 18.1 Å². The Balaban J connectivity index is 1.73. The third-order valence-corrected chi connectivity index (χ3v) is 4.53. The van der Waals surface area contributed by atoms with E-state index in [0.29, 0.717) is 32.9 Å². The van der Waals surface area contributed by atoms with Crippen LogP contribution in [0.2, 0.25) is 0 Å². The molecule has 0 aliphatic carbocycles. The maximum atomic E-state index is 12.8. The number of nitrogens with zero attached hydrogens (tertiary/aromatic N) is 1. The summed E-state index contributed by atoms with van der Waals surface area (Å²) >= 11 is 0. The number of hydrogen-bond donors (Lipinski definition) is 1. The number of rotatable bonds is 2. The number of morpholine rings is 1. The number of carbonyl (C=O) groups excluding carboxylic acids is 1. The molecule has 3 atom stereocenters. The standard InChI is InChI=1S/C16H22N2O3/c1-16(11-20-10-14(16)17)15(19)18-7-8-21-13(9-18)12-5-3-2-4-6-12/h2-6,13-14H,7-11,17H2,1H3. The van der Waals surface area contributed by atoms with Crippen LogP contribution < -0.4 is 5.73 Å². The molecule has 1 amide bonds. The van der Waals surface area contributed by atoms with Crippen molar-refractivity contribution in [2.45, 2.75) is 19.1 Å². The number of carbonyl (C=O) groups is 1. The summed E-state index contributed by atoms with van der Waals surface area (Å²) in [5, 5.41) is 0. The summed E-state index contributed by atoms with van der Waals surface area (Å²) in [6.45, 7) is 4.50. The molecule has 0 radical (unpaired) electrons. The van der Waals surface area contributed by atoms with Gasteiger partial charge < -0.3 is 20.1 Å². The summed E-state index contributed by atoms with van der Waals surface area (Å²) in [7, 11) is 0. The van der Waals surface area contributed by atoms with Crippen LogP contribution in [-0.2, 0) is 14.3 Å². The Bertz CT molecular complexity index is 508. The molecule has 2 fully saturated rings. The van der Waals surface area contributed by atoms with E-state index in [2.05, 4.69) is 0 Å². The number of amides is 1. The molecule has 5 nitrogen and oxygen atoms in total. The fourth-order valence-electron chi connectivity index (χ4n) is 2.97. The predicted molar refractivity (Wildman–Crippen MR) is 78.6 cm³/mol. The van der Waals surface area contributed by atoms with Crippen molar-refractivity contribution < 1.29 is 14.3 Å². The normalized spacial score (nSPS) is 33.1. The summed E-state index contributed by atoms with van der Waals surface area (Å²) in [4.78, 5) is 14.7. The molecule has 3 rings (SSSR count). The van der Waals surface area contributed by atoms with Gasteiger partial charge >= 0.3 is 0 Å². The highest BCUT2D eigenvalue weighted by Gasteiger charge is 2.47. The minimum absolute atomic E-state index is 0.0638. The van der Waals surface area contributed by atoms with E-state index in [1.54, 1.807) is 0 Å². The van der Waals surface area contributed by atoms with Crippen LogP contribution in [0.5, 0.6) is 0 Å². The van der Waals surface area contributed by atoms with Gasteiger partial charge in [-0.3, -0.25) is 4.79 Å². The van der Waals surface area contributed by atoms with Gasteiger partial charge in [0.25, 0.3) is 0 Å². The van der Waals surface area contributed by atoms with Gasteiger partial charge in [0, 0.05) is 12.6 Å². The van der Waals surface area contributed by atoms with Crippen molar-refractivity contribution in [1.29, 1.82) is 0 Å². The Labute approximate surface area is 125 Å². The van der Waals surface area contributed by atoms with Gasteiger partial charge in [-0.05, 0) is 12.5 Å². The van der Waals surface area contributed by atoms with Crippen molar-refractivity contribution in [3.05, 3.63) is 35.9 Å². The van der Waals surface area contributed by atoms with Crippen LogP contribution in [-0.4, -0.2) is 49.8 Å². The molecule has 2 aliphatic rings. The summed E-state index contributed by atoms with van der Waals surface area (Å²) in [5.74, 6) is 0.0803. The fraction of sp³-hybridized carbons (Fsp3) is 0.562. The predicted octanol–water partition coefficient (Wildman–Crippen LogP) is 0.950. The van der Waals surface area contributed by atoms with E-state index in [0.717, 1.165) is 5.56 Å². The number of benzene rings is 1. The van der Waals surface area contributed by atoms with Crippen LogP contribution in [0.1, 0.15) is 18.6 Å². The number of nitrogens with two attached hydrogens (primary N) is 1. The Kier molecular flexibility index (Phi) is 3.97. The van der Waals surface area contributed by atoms with E-state index < -0.39 is 5.41 Å². The Morgan fingerprint density at radius 3 is 2.81 bits per heavy atom. The van der Waals surface area contributed by atoms with Crippen LogP contribution in [0.3, 0.4) is 0 Å². The van der Waals surface area contributed by atoms with Crippen LogP contribution in [0, 0.1) is 5.41 Å². The first-order chi connectivity index (χ1) is 10.1. The summed E-state index contributed by atoms with van der Waals surface area (Å²) < 4.78 is 11.2. The highest BCUT2D eigenvalue weighted by Crippen LogP contribution is 2.32. The lowest BCUT2D eigenvalue weighted by atomic mass is 9.84. The third-order valence-electron chi connectivity index (χ3n) is 4.53. The highest BCUT2D eigenvalue weighted by molar-refractivity contribution is 5.84. The van der Waals surface area contributed by atoms with Crippen molar-refractivity contribution in [2.75, 3.05) is 32.9 Å². The molecule has 1 aromatic carbocycles. The number of ether oxygens (including phenoxy) is 2. The Morgan fingerprint density at radius 1 is 1.38 bits per heavy atom. The monoisotopic (exact) mass is 290 g/mol. The van der Waals surface area contributed by atoms with E-state index in [4.69, 9.17) is 15.2 Å². The Morgan fingerprint density at radius 2 is 2.14 bits per heavy atom. The van der Waals surface area contributed by atoms with Gasteiger partial charge in [0.15, 0.2) is 0 Å². The molecule has 114 valence electrons. The van der Waals surface area contributed by atoms with Gasteiger partial charge in [0.2, 0.25) is 5.91 Å². The van der Waals surface area contributed by atoms with E-state index >= 15 is 0 Å². The lowest BCUT2D eigenvalue weighted by molar-refractivity contribution is -0.149. The van der Waals surface area contributed by atoms with Crippen molar-refractivity contribution in [3.63, 3.8) is 0 Å². The van der Waals surface area contributed by atoms with Crippen LogP contribution in [0.15, 0.2) is 30.3 Å². The highest BCUT2D eigenvalue weighted by atomic mass is 16.5. The largest absolute Gasteiger partial charge is 0.379 e. The van der Waals surface area contributed by atoms with Crippen LogP contribution in [0.4, 0.5) is 0 Å². The van der Waals surface area contributed by atoms with Gasteiger partial charge in [-0.25, -0.2) is 0 Å². The van der Waals surface area contributed by atoms with Crippen molar-refractivity contribution >= 4 is 5.91 Å². The zero-order valence-electron chi connectivity index (χ0n) is 12.3. The fourth-order valence-corrected chi connectivity index (χ4v) is 2.97. The lowest BCUT2D eigenvalue weighted by Gasteiger charge is -2.38. The number of hydrogen-bond acceptors (Lipinski definition) is 4. The molecule has 0 saturated carbocycles. The topological polar surface area (TPSA) is 64.8 Å². The van der Waals surface area contributed by atoms with E-state index in [1.165, 1.54) is 0 Å². The van der Waals surface area contributed by atoms with Crippen molar-refractivity contribution in [2.24, 2.45) is 11.1 Å². The second-order valence-electron chi connectivity index (χ2n) is 6.06. The SMILES string of the molecule is CC1(C(=O)N2CCOC(c3ccccc3)C2)COCC1N. The molecule has 21 heavy (non-hydrogen) atoms. The summed E-state index contributed by atoms with van der Waals surface area (Å²) in [6.07, 6.45) is -0.0638. The summed E-state index contributed by atoms with van der Waals surface area (Å²) in [6, 6.07) is 9.78. The molecule has 2 N–H and O–H groups in total. The van der Waals surface area contributed by atoms with Crippen molar-refractivity contribution in [3.8, 4) is 0 Å². The molecule has 0 aromatic heterocycles. The smallest absolute Gasteiger partial charge is 0.232 e. The second kappa shape index (κ2) is 5.75. The van der Waals surface area contributed by atoms with Crippen LogP contribution in [0.25, 0.3) is 0 Å². The van der Waals surface area contributed by atoms with E-state index in [1.807, 2.05) is 42.2 Å². The maximum absolute atomic E-state index is 12.8. The van der Waals surface area contributed by atoms with Gasteiger partial charge in [-0.2, -0.15) is 0 Å². The molecule has 0 bridgehead atoms. The van der Waals surface area contributed by atoms with Crippen LogP contribution >= 0.6 is 0 Å². The van der Waals surface area contributed by atoms with Gasteiger partial charge in [-0.15, -0.1) is 0 Å². The van der Waals surface area contributed by atoms with Gasteiger partial charge in [0.05, 0.1) is 31.8 Å². The minimum atomic E-state index is -0.613. The maximum Gasteiger partial charge on any atom is 0.232 e. The minimum Gasteiger partial charge on any atom is -0.379 e. The molecule has 3 unspecified atom stereocenters. The molecule has 2 heterocycles. The first-order valence-corrected chi connectivity index (χ1v) is 7.40. The quantitative estimate of drug-likeness (QED) is 0.881. The molecule has 0 spiro atoms. The molecular formula is C16H22N2O3.